The minimum Gasteiger partial charge on any atom is -0.336 e. The van der Waals surface area contributed by atoms with Crippen molar-refractivity contribution in [1.29, 1.82) is 5.26 Å². The SMILES string of the molecule is CCc1cc(C#N)nc2c1ccn2C. The minimum atomic E-state index is 0.496. The van der Waals surface area contributed by atoms with Crippen LogP contribution in [0, 0.1) is 11.3 Å². The molecule has 14 heavy (non-hydrogen) atoms. The molecule has 0 fully saturated rings. The predicted molar refractivity (Wildman–Crippen MR) is 54.8 cm³/mol. The van der Waals surface area contributed by atoms with Crippen molar-refractivity contribution in [2.75, 3.05) is 0 Å². The van der Waals surface area contributed by atoms with Gasteiger partial charge in [0, 0.05) is 18.6 Å². The summed E-state index contributed by atoms with van der Waals surface area (Å²) in [6.45, 7) is 2.09. The summed E-state index contributed by atoms with van der Waals surface area (Å²) in [5.74, 6) is 0. The van der Waals surface area contributed by atoms with Crippen LogP contribution in [0.25, 0.3) is 11.0 Å². The van der Waals surface area contributed by atoms with Crippen molar-refractivity contribution in [3.05, 3.63) is 29.6 Å². The van der Waals surface area contributed by atoms with Gasteiger partial charge in [0.1, 0.15) is 17.4 Å². The fraction of sp³-hybridized carbons (Fsp3) is 0.273. The van der Waals surface area contributed by atoms with Gasteiger partial charge in [0.2, 0.25) is 0 Å². The first-order valence-electron chi connectivity index (χ1n) is 4.61. The molecule has 2 aromatic rings. The zero-order valence-electron chi connectivity index (χ0n) is 8.28. The number of fused-ring (bicyclic) bond motifs is 1. The number of hydrogen-bond donors (Lipinski definition) is 0. The molecule has 2 aromatic heterocycles. The molecule has 3 nitrogen and oxygen atoms in total. The zero-order chi connectivity index (χ0) is 10.1. The maximum absolute atomic E-state index is 8.82. The largest absolute Gasteiger partial charge is 0.336 e. The number of nitrogens with zero attached hydrogens (tertiary/aromatic N) is 3. The van der Waals surface area contributed by atoms with Crippen molar-refractivity contribution in [3.63, 3.8) is 0 Å². The molecule has 0 spiro atoms. The monoisotopic (exact) mass is 185 g/mol. The fourth-order valence-electron chi connectivity index (χ4n) is 1.65. The Morgan fingerprint density at radius 1 is 1.57 bits per heavy atom. The minimum absolute atomic E-state index is 0.496. The normalized spacial score (nSPS) is 10.4. The molecule has 3 heteroatoms. The third-order valence-corrected chi connectivity index (χ3v) is 2.42. The Hall–Kier alpha value is -1.82. The molecule has 70 valence electrons. The number of rotatable bonds is 1. The summed E-state index contributed by atoms with van der Waals surface area (Å²) in [4.78, 5) is 4.26. The van der Waals surface area contributed by atoms with Crippen molar-refractivity contribution in [2.45, 2.75) is 13.3 Å². The van der Waals surface area contributed by atoms with E-state index < -0.39 is 0 Å². The van der Waals surface area contributed by atoms with Gasteiger partial charge in [0.15, 0.2) is 0 Å². The molecule has 0 aliphatic heterocycles. The first-order chi connectivity index (χ1) is 6.76. The molecule has 0 saturated heterocycles. The van der Waals surface area contributed by atoms with E-state index in [1.807, 2.05) is 29.9 Å². The predicted octanol–water partition coefficient (Wildman–Crippen LogP) is 2.01. The molecule has 2 heterocycles. The Morgan fingerprint density at radius 2 is 2.36 bits per heavy atom. The third kappa shape index (κ3) is 1.16. The summed E-state index contributed by atoms with van der Waals surface area (Å²) in [5.41, 5.74) is 2.57. The molecule has 0 amide bonds. The second-order valence-corrected chi connectivity index (χ2v) is 3.30. The highest BCUT2D eigenvalue weighted by Gasteiger charge is 2.06. The number of aromatic nitrogens is 2. The molecule has 0 aromatic carbocycles. The smallest absolute Gasteiger partial charge is 0.143 e. The quantitative estimate of drug-likeness (QED) is 0.682. The van der Waals surface area contributed by atoms with Crippen LogP contribution >= 0.6 is 0 Å². The first-order valence-corrected chi connectivity index (χ1v) is 4.61. The van der Waals surface area contributed by atoms with Crippen molar-refractivity contribution in [1.82, 2.24) is 9.55 Å². The van der Waals surface area contributed by atoms with E-state index in [0.717, 1.165) is 17.5 Å². The molecule has 0 bridgehead atoms. The highest BCUT2D eigenvalue weighted by molar-refractivity contribution is 5.80. The highest BCUT2D eigenvalue weighted by Crippen LogP contribution is 2.19. The molecule has 0 radical (unpaired) electrons. The van der Waals surface area contributed by atoms with Crippen molar-refractivity contribution in [2.24, 2.45) is 7.05 Å². The van der Waals surface area contributed by atoms with Gasteiger partial charge in [0.05, 0.1) is 0 Å². The molecule has 0 saturated carbocycles. The standard InChI is InChI=1S/C11H11N3/c1-3-8-6-9(7-12)13-11-10(8)4-5-14(11)2/h4-6H,3H2,1-2H3. The summed E-state index contributed by atoms with van der Waals surface area (Å²) in [6.07, 6.45) is 2.90. The van der Waals surface area contributed by atoms with Crippen LogP contribution in [0.5, 0.6) is 0 Å². The van der Waals surface area contributed by atoms with E-state index in [9.17, 15) is 0 Å². The van der Waals surface area contributed by atoms with Gasteiger partial charge in [-0.3, -0.25) is 0 Å². The molecular formula is C11H11N3. The molecule has 2 rings (SSSR count). The van der Waals surface area contributed by atoms with Gasteiger partial charge in [-0.15, -0.1) is 0 Å². The Balaban J connectivity index is 2.84. The van der Waals surface area contributed by atoms with Gasteiger partial charge < -0.3 is 4.57 Å². The molecular weight excluding hydrogens is 174 g/mol. The van der Waals surface area contributed by atoms with Gasteiger partial charge in [-0.25, -0.2) is 4.98 Å². The van der Waals surface area contributed by atoms with Crippen LogP contribution in [0.4, 0.5) is 0 Å². The zero-order valence-corrected chi connectivity index (χ0v) is 8.28. The summed E-state index contributed by atoms with van der Waals surface area (Å²) in [6, 6.07) is 5.99. The summed E-state index contributed by atoms with van der Waals surface area (Å²) < 4.78 is 1.94. The lowest BCUT2D eigenvalue weighted by Gasteiger charge is -2.01. The number of nitriles is 1. The first kappa shape index (κ1) is 8.76. The second-order valence-electron chi connectivity index (χ2n) is 3.30. The van der Waals surface area contributed by atoms with Crippen LogP contribution in [0.3, 0.4) is 0 Å². The Morgan fingerprint density at radius 3 is 3.00 bits per heavy atom. The Kier molecular flexibility index (Phi) is 1.97. The van der Waals surface area contributed by atoms with Crippen LogP contribution in [-0.2, 0) is 13.5 Å². The average Bonchev–Trinajstić information content (AvgIpc) is 2.59. The van der Waals surface area contributed by atoms with Gasteiger partial charge in [-0.1, -0.05) is 6.92 Å². The van der Waals surface area contributed by atoms with Crippen LogP contribution < -0.4 is 0 Å². The maximum Gasteiger partial charge on any atom is 0.143 e. The molecule has 0 unspecified atom stereocenters. The topological polar surface area (TPSA) is 41.6 Å². The number of pyridine rings is 1. The lowest BCUT2D eigenvalue weighted by Crippen LogP contribution is -1.93. The van der Waals surface area contributed by atoms with Crippen LogP contribution in [0.15, 0.2) is 18.3 Å². The lowest BCUT2D eigenvalue weighted by molar-refractivity contribution is 0.945. The lowest BCUT2D eigenvalue weighted by atomic mass is 10.1. The van der Waals surface area contributed by atoms with Gasteiger partial charge in [-0.2, -0.15) is 5.26 Å². The fourth-order valence-corrected chi connectivity index (χ4v) is 1.65. The second kappa shape index (κ2) is 3.15. The number of hydrogen-bond acceptors (Lipinski definition) is 2. The van der Waals surface area contributed by atoms with E-state index >= 15 is 0 Å². The van der Waals surface area contributed by atoms with Crippen LogP contribution in [0.1, 0.15) is 18.2 Å². The average molecular weight is 185 g/mol. The summed E-state index contributed by atoms with van der Waals surface area (Å²) >= 11 is 0. The van der Waals surface area contributed by atoms with Crippen LogP contribution in [-0.4, -0.2) is 9.55 Å². The van der Waals surface area contributed by atoms with Gasteiger partial charge in [0.25, 0.3) is 0 Å². The van der Waals surface area contributed by atoms with E-state index in [2.05, 4.69) is 18.0 Å². The molecule has 0 N–H and O–H groups in total. The van der Waals surface area contributed by atoms with E-state index in [1.54, 1.807) is 0 Å². The number of aryl methyl sites for hydroxylation is 2. The van der Waals surface area contributed by atoms with E-state index in [4.69, 9.17) is 5.26 Å². The molecule has 0 atom stereocenters. The van der Waals surface area contributed by atoms with E-state index in [1.165, 1.54) is 5.56 Å². The Labute approximate surface area is 82.6 Å². The van der Waals surface area contributed by atoms with Crippen LogP contribution in [0.2, 0.25) is 0 Å². The summed E-state index contributed by atoms with van der Waals surface area (Å²) in [7, 11) is 1.94. The summed E-state index contributed by atoms with van der Waals surface area (Å²) in [5, 5.41) is 9.97. The van der Waals surface area contributed by atoms with E-state index in [0.29, 0.717) is 5.69 Å². The van der Waals surface area contributed by atoms with Crippen molar-refractivity contribution < 1.29 is 0 Å². The van der Waals surface area contributed by atoms with Crippen molar-refractivity contribution in [3.8, 4) is 6.07 Å². The van der Waals surface area contributed by atoms with E-state index in [-0.39, 0.29) is 0 Å². The van der Waals surface area contributed by atoms with Gasteiger partial charge in [-0.05, 0) is 24.1 Å². The highest BCUT2D eigenvalue weighted by atomic mass is 15.0. The third-order valence-electron chi connectivity index (χ3n) is 2.42. The molecule has 0 aliphatic carbocycles. The maximum atomic E-state index is 8.82. The molecule has 0 aliphatic rings. The van der Waals surface area contributed by atoms with Crippen molar-refractivity contribution >= 4 is 11.0 Å². The van der Waals surface area contributed by atoms with Gasteiger partial charge >= 0.3 is 0 Å². The Bertz CT molecular complexity index is 517.